The summed E-state index contributed by atoms with van der Waals surface area (Å²) in [6.07, 6.45) is 0. The third-order valence-electron chi connectivity index (χ3n) is 3.69. The van der Waals surface area contributed by atoms with Crippen molar-refractivity contribution < 1.29 is 9.90 Å². The first-order valence-electron chi connectivity index (χ1n) is 7.48. The van der Waals surface area contributed by atoms with Crippen molar-refractivity contribution in [3.05, 3.63) is 52.5 Å². The van der Waals surface area contributed by atoms with Gasteiger partial charge >= 0.3 is 5.97 Å². The van der Waals surface area contributed by atoms with Gasteiger partial charge in [0.15, 0.2) is 11.5 Å². The fraction of sp³-hybridized carbons (Fsp3) is 0.0588. The number of fused-ring (bicyclic) bond motifs is 3. The molecule has 0 aliphatic rings. The van der Waals surface area contributed by atoms with Gasteiger partial charge in [-0.15, -0.1) is 10.2 Å². The molecule has 6 nitrogen and oxygen atoms in total. The van der Waals surface area contributed by atoms with Crippen LogP contribution in [-0.4, -0.2) is 36.4 Å². The lowest BCUT2D eigenvalue weighted by atomic mass is 10.2. The molecule has 0 saturated heterocycles. The van der Waals surface area contributed by atoms with Crippen LogP contribution in [0.2, 0.25) is 10.0 Å². The van der Waals surface area contributed by atoms with E-state index in [0.717, 1.165) is 22.8 Å². The number of hydrogen-bond acceptors (Lipinski definition) is 5. The van der Waals surface area contributed by atoms with Gasteiger partial charge in [-0.2, -0.15) is 0 Å². The van der Waals surface area contributed by atoms with E-state index in [1.807, 2.05) is 16.5 Å². The van der Waals surface area contributed by atoms with Crippen LogP contribution in [0.5, 0.6) is 0 Å². The first-order chi connectivity index (χ1) is 12.5. The smallest absolute Gasteiger partial charge is 0.313 e. The SMILES string of the molecule is O=C(O)CSc1nc2ccc(Cl)cc2n2c(-c3ccc(Cl)cc3)nnc12. The molecule has 0 radical (unpaired) electrons. The van der Waals surface area contributed by atoms with Crippen molar-refractivity contribution >= 4 is 57.6 Å². The number of nitrogens with zero attached hydrogens (tertiary/aromatic N) is 4. The zero-order chi connectivity index (χ0) is 18.3. The third kappa shape index (κ3) is 3.09. The van der Waals surface area contributed by atoms with E-state index in [1.54, 1.807) is 30.3 Å². The van der Waals surface area contributed by atoms with E-state index in [-0.39, 0.29) is 5.75 Å². The molecule has 0 unspecified atom stereocenters. The molecule has 130 valence electrons. The minimum atomic E-state index is -0.927. The number of benzene rings is 2. The Labute approximate surface area is 161 Å². The van der Waals surface area contributed by atoms with Crippen LogP contribution >= 0.6 is 35.0 Å². The number of aliphatic carboxylic acids is 1. The molecule has 2 aromatic heterocycles. The Morgan fingerprint density at radius 3 is 2.54 bits per heavy atom. The van der Waals surface area contributed by atoms with Gasteiger partial charge < -0.3 is 5.11 Å². The molecule has 0 aliphatic carbocycles. The lowest BCUT2D eigenvalue weighted by Crippen LogP contribution is -2.01. The molecular formula is C17H10Cl2N4O2S. The lowest BCUT2D eigenvalue weighted by Gasteiger charge is -2.08. The molecule has 0 atom stereocenters. The van der Waals surface area contributed by atoms with E-state index in [0.29, 0.717) is 32.1 Å². The maximum atomic E-state index is 11.0. The molecule has 0 bridgehead atoms. The maximum absolute atomic E-state index is 11.0. The van der Waals surface area contributed by atoms with E-state index >= 15 is 0 Å². The summed E-state index contributed by atoms with van der Waals surface area (Å²) >= 11 is 13.2. The van der Waals surface area contributed by atoms with Crippen LogP contribution in [-0.2, 0) is 4.79 Å². The number of aromatic nitrogens is 4. The van der Waals surface area contributed by atoms with Crippen molar-refractivity contribution in [2.75, 3.05) is 5.75 Å². The van der Waals surface area contributed by atoms with Crippen molar-refractivity contribution in [3.8, 4) is 11.4 Å². The number of thioether (sulfide) groups is 1. The summed E-state index contributed by atoms with van der Waals surface area (Å²) < 4.78 is 1.83. The molecule has 0 fully saturated rings. The van der Waals surface area contributed by atoms with Gasteiger partial charge in [0.2, 0.25) is 0 Å². The molecule has 0 saturated carbocycles. The van der Waals surface area contributed by atoms with Crippen LogP contribution in [0.15, 0.2) is 47.5 Å². The molecule has 0 spiro atoms. The van der Waals surface area contributed by atoms with Crippen LogP contribution < -0.4 is 0 Å². The van der Waals surface area contributed by atoms with Crippen molar-refractivity contribution in [2.24, 2.45) is 0 Å². The number of carboxylic acid groups (broad SMARTS) is 1. The standard InChI is InChI=1S/C17H10Cl2N4O2S/c18-10-3-1-9(2-4-10)15-21-22-16-17(26-8-14(24)25)20-12-6-5-11(19)7-13(12)23(15)16/h1-7H,8H2,(H,24,25). The van der Waals surface area contributed by atoms with Gasteiger partial charge in [0.1, 0.15) is 5.03 Å². The fourth-order valence-corrected chi connectivity index (χ4v) is 3.57. The number of hydrogen-bond donors (Lipinski definition) is 1. The third-order valence-corrected chi connectivity index (χ3v) is 5.12. The second-order valence-electron chi connectivity index (χ2n) is 5.42. The lowest BCUT2D eigenvalue weighted by molar-refractivity contribution is -0.133. The Bertz CT molecular complexity index is 1150. The number of carbonyl (C=O) groups is 1. The Morgan fingerprint density at radius 2 is 1.81 bits per heavy atom. The van der Waals surface area contributed by atoms with E-state index < -0.39 is 5.97 Å². The monoisotopic (exact) mass is 404 g/mol. The van der Waals surface area contributed by atoms with Gasteiger partial charge in [0.25, 0.3) is 0 Å². The summed E-state index contributed by atoms with van der Waals surface area (Å²) in [6.45, 7) is 0. The van der Waals surface area contributed by atoms with Crippen LogP contribution in [0, 0.1) is 0 Å². The topological polar surface area (TPSA) is 80.4 Å². The number of halogens is 2. The van der Waals surface area contributed by atoms with Crippen molar-refractivity contribution in [1.82, 2.24) is 19.6 Å². The number of rotatable bonds is 4. The van der Waals surface area contributed by atoms with Crippen molar-refractivity contribution in [2.45, 2.75) is 5.03 Å². The zero-order valence-electron chi connectivity index (χ0n) is 13.1. The van der Waals surface area contributed by atoms with Crippen molar-refractivity contribution in [3.63, 3.8) is 0 Å². The quantitative estimate of drug-likeness (QED) is 0.506. The van der Waals surface area contributed by atoms with Crippen LogP contribution in [0.3, 0.4) is 0 Å². The highest BCUT2D eigenvalue weighted by Gasteiger charge is 2.17. The van der Waals surface area contributed by atoms with E-state index in [4.69, 9.17) is 28.3 Å². The molecule has 9 heteroatoms. The normalized spacial score (nSPS) is 11.3. The first-order valence-corrected chi connectivity index (χ1v) is 9.22. The highest BCUT2D eigenvalue weighted by atomic mass is 35.5. The highest BCUT2D eigenvalue weighted by Crippen LogP contribution is 2.30. The van der Waals surface area contributed by atoms with E-state index in [1.165, 1.54) is 0 Å². The molecule has 26 heavy (non-hydrogen) atoms. The summed E-state index contributed by atoms with van der Waals surface area (Å²) in [4.78, 5) is 15.5. The van der Waals surface area contributed by atoms with Crippen molar-refractivity contribution in [1.29, 1.82) is 0 Å². The Morgan fingerprint density at radius 1 is 1.08 bits per heavy atom. The van der Waals surface area contributed by atoms with Crippen LogP contribution in [0.4, 0.5) is 0 Å². The fourth-order valence-electron chi connectivity index (χ4n) is 2.59. The molecule has 0 amide bonds. The molecule has 4 aromatic rings. The first kappa shape index (κ1) is 17.1. The van der Waals surface area contributed by atoms with Gasteiger partial charge in [-0.05, 0) is 42.5 Å². The number of carboxylic acids is 1. The Balaban J connectivity index is 2.02. The van der Waals surface area contributed by atoms with Crippen LogP contribution in [0.25, 0.3) is 28.1 Å². The second-order valence-corrected chi connectivity index (χ2v) is 7.26. The summed E-state index contributed by atoms with van der Waals surface area (Å²) in [7, 11) is 0. The van der Waals surface area contributed by atoms with Gasteiger partial charge in [0.05, 0.1) is 16.8 Å². The minimum Gasteiger partial charge on any atom is -0.481 e. The van der Waals surface area contributed by atoms with Gasteiger partial charge in [-0.25, -0.2) is 4.98 Å². The predicted molar refractivity (Wildman–Crippen MR) is 102 cm³/mol. The summed E-state index contributed by atoms with van der Waals surface area (Å²) in [6, 6.07) is 12.5. The van der Waals surface area contributed by atoms with E-state index in [2.05, 4.69) is 15.2 Å². The molecule has 4 rings (SSSR count). The summed E-state index contributed by atoms with van der Waals surface area (Å²) in [5.74, 6) is -0.447. The molecule has 2 heterocycles. The molecular weight excluding hydrogens is 395 g/mol. The zero-order valence-corrected chi connectivity index (χ0v) is 15.4. The Hall–Kier alpha value is -2.35. The average molecular weight is 405 g/mol. The van der Waals surface area contributed by atoms with Crippen LogP contribution in [0.1, 0.15) is 0 Å². The van der Waals surface area contributed by atoms with Gasteiger partial charge in [-0.3, -0.25) is 9.20 Å². The molecule has 1 N–H and O–H groups in total. The largest absolute Gasteiger partial charge is 0.481 e. The highest BCUT2D eigenvalue weighted by molar-refractivity contribution is 8.00. The minimum absolute atomic E-state index is 0.120. The Kier molecular flexibility index (Phi) is 4.44. The molecule has 0 aliphatic heterocycles. The molecule has 2 aromatic carbocycles. The maximum Gasteiger partial charge on any atom is 0.313 e. The second kappa shape index (κ2) is 6.75. The summed E-state index contributed by atoms with van der Waals surface area (Å²) in [5, 5.41) is 19.2. The predicted octanol–water partition coefficient (Wildman–Crippen LogP) is 4.43. The van der Waals surface area contributed by atoms with Gasteiger partial charge in [-0.1, -0.05) is 35.0 Å². The summed E-state index contributed by atoms with van der Waals surface area (Å²) in [5.41, 5.74) is 2.71. The average Bonchev–Trinajstić information content (AvgIpc) is 3.06. The van der Waals surface area contributed by atoms with E-state index in [9.17, 15) is 4.79 Å². The van der Waals surface area contributed by atoms with Gasteiger partial charge in [0, 0.05) is 15.6 Å².